The number of para-hydroxylation sites is 1. The van der Waals surface area contributed by atoms with E-state index in [4.69, 9.17) is 9.26 Å². The van der Waals surface area contributed by atoms with Crippen LogP contribution in [0.5, 0.6) is 5.75 Å². The molecule has 5 heteroatoms. The third kappa shape index (κ3) is 3.57. The first-order valence-corrected chi connectivity index (χ1v) is 6.85. The first-order valence-electron chi connectivity index (χ1n) is 5.94. The summed E-state index contributed by atoms with van der Waals surface area (Å²) in [5, 5.41) is 3.92. The highest BCUT2D eigenvalue weighted by molar-refractivity contribution is 9.09. The van der Waals surface area contributed by atoms with Crippen molar-refractivity contribution in [3.05, 3.63) is 42.0 Å². The van der Waals surface area contributed by atoms with Crippen molar-refractivity contribution in [2.75, 3.05) is 6.61 Å². The number of alkyl halides is 1. The number of rotatable bonds is 6. The van der Waals surface area contributed by atoms with E-state index in [2.05, 4.69) is 33.0 Å². The van der Waals surface area contributed by atoms with Crippen LogP contribution in [-0.4, -0.2) is 16.7 Å². The van der Waals surface area contributed by atoms with Gasteiger partial charge in [0, 0.05) is 6.42 Å². The Morgan fingerprint density at radius 3 is 2.83 bits per heavy atom. The second kappa shape index (κ2) is 6.54. The van der Waals surface area contributed by atoms with Gasteiger partial charge in [0.2, 0.25) is 5.89 Å². The van der Waals surface area contributed by atoms with Gasteiger partial charge in [-0.25, -0.2) is 0 Å². The van der Waals surface area contributed by atoms with Crippen molar-refractivity contribution in [3.8, 4) is 5.75 Å². The minimum absolute atomic E-state index is 0.133. The van der Waals surface area contributed by atoms with Gasteiger partial charge in [-0.2, -0.15) is 4.98 Å². The van der Waals surface area contributed by atoms with Crippen LogP contribution in [0.15, 0.2) is 34.9 Å². The molecule has 0 aliphatic rings. The molecule has 1 aromatic heterocycles. The summed E-state index contributed by atoms with van der Waals surface area (Å²) in [5.41, 5.74) is 0. The highest BCUT2D eigenvalue weighted by atomic mass is 79.9. The first-order chi connectivity index (χ1) is 8.79. The molecule has 1 heterocycles. The Hall–Kier alpha value is -1.36. The van der Waals surface area contributed by atoms with Gasteiger partial charge >= 0.3 is 0 Å². The zero-order valence-electron chi connectivity index (χ0n) is 10.2. The van der Waals surface area contributed by atoms with Gasteiger partial charge in [0.05, 0.1) is 11.4 Å². The highest BCUT2D eigenvalue weighted by Crippen LogP contribution is 2.23. The lowest BCUT2D eigenvalue weighted by Crippen LogP contribution is -2.02. The van der Waals surface area contributed by atoms with Gasteiger partial charge in [-0.05, 0) is 18.6 Å². The Balaban J connectivity index is 1.82. The smallest absolute Gasteiger partial charge is 0.240 e. The first kappa shape index (κ1) is 13.1. The van der Waals surface area contributed by atoms with Gasteiger partial charge in [0.1, 0.15) is 5.75 Å². The van der Waals surface area contributed by atoms with E-state index >= 15 is 0 Å². The largest absolute Gasteiger partial charge is 0.493 e. The number of hydrogen-bond donors (Lipinski definition) is 0. The molecule has 0 bridgehead atoms. The van der Waals surface area contributed by atoms with Crippen LogP contribution in [0.25, 0.3) is 0 Å². The van der Waals surface area contributed by atoms with Crippen LogP contribution in [0.1, 0.15) is 29.9 Å². The fourth-order valence-electron chi connectivity index (χ4n) is 1.45. The minimum Gasteiger partial charge on any atom is -0.493 e. The molecule has 0 fully saturated rings. The summed E-state index contributed by atoms with van der Waals surface area (Å²) in [5.74, 6) is 2.17. The zero-order valence-corrected chi connectivity index (χ0v) is 11.8. The Labute approximate surface area is 114 Å². The zero-order chi connectivity index (χ0) is 12.8. The van der Waals surface area contributed by atoms with Crippen molar-refractivity contribution in [3.63, 3.8) is 0 Å². The van der Waals surface area contributed by atoms with Gasteiger partial charge in [-0.1, -0.05) is 46.2 Å². The van der Waals surface area contributed by atoms with Crippen molar-refractivity contribution >= 4 is 15.9 Å². The van der Waals surface area contributed by atoms with E-state index < -0.39 is 0 Å². The second-order valence-electron chi connectivity index (χ2n) is 3.84. The van der Waals surface area contributed by atoms with Crippen LogP contribution < -0.4 is 4.74 Å². The van der Waals surface area contributed by atoms with Gasteiger partial charge < -0.3 is 9.26 Å². The van der Waals surface area contributed by atoms with E-state index in [1.54, 1.807) is 0 Å². The molecule has 1 aromatic carbocycles. The monoisotopic (exact) mass is 310 g/mol. The van der Waals surface area contributed by atoms with Crippen molar-refractivity contribution in [1.82, 2.24) is 10.1 Å². The van der Waals surface area contributed by atoms with Gasteiger partial charge in [-0.3, -0.25) is 0 Å². The molecule has 96 valence electrons. The molecule has 1 unspecified atom stereocenters. The summed E-state index contributed by atoms with van der Waals surface area (Å²) in [4.78, 5) is 4.44. The normalized spacial score (nSPS) is 12.3. The van der Waals surface area contributed by atoms with E-state index in [1.807, 2.05) is 30.3 Å². The maximum atomic E-state index is 5.57. The molecule has 0 radical (unpaired) electrons. The van der Waals surface area contributed by atoms with E-state index in [0.29, 0.717) is 24.7 Å². The Morgan fingerprint density at radius 2 is 2.11 bits per heavy atom. The summed E-state index contributed by atoms with van der Waals surface area (Å²) in [7, 11) is 0. The van der Waals surface area contributed by atoms with Crippen LogP contribution in [-0.2, 0) is 6.42 Å². The summed E-state index contributed by atoms with van der Waals surface area (Å²) >= 11 is 3.48. The maximum Gasteiger partial charge on any atom is 0.240 e. The molecule has 0 N–H and O–H groups in total. The number of halogens is 1. The lowest BCUT2D eigenvalue weighted by atomic mass is 10.3. The summed E-state index contributed by atoms with van der Waals surface area (Å²) in [6.07, 6.45) is 1.56. The van der Waals surface area contributed by atoms with Gasteiger partial charge in [-0.15, -0.1) is 0 Å². The Kier molecular flexibility index (Phi) is 4.75. The molecule has 0 aliphatic carbocycles. The van der Waals surface area contributed by atoms with Crippen molar-refractivity contribution < 1.29 is 9.26 Å². The number of nitrogens with zero attached hydrogens (tertiary/aromatic N) is 2. The van der Waals surface area contributed by atoms with Gasteiger partial charge in [0.25, 0.3) is 0 Å². The van der Waals surface area contributed by atoms with Crippen LogP contribution in [0.4, 0.5) is 0 Å². The standard InChI is InChI=1S/C13H15BrN2O2/c1-2-11(14)13-15-12(16-18-13)8-9-17-10-6-4-3-5-7-10/h3-7,11H,2,8-9H2,1H3. The molecule has 2 rings (SSSR count). The summed E-state index contributed by atoms with van der Waals surface area (Å²) in [6, 6.07) is 9.69. The fourth-order valence-corrected chi connectivity index (χ4v) is 1.63. The maximum absolute atomic E-state index is 5.57. The molecular formula is C13H15BrN2O2. The van der Waals surface area contributed by atoms with Crippen LogP contribution in [0.3, 0.4) is 0 Å². The lowest BCUT2D eigenvalue weighted by molar-refractivity contribution is 0.313. The van der Waals surface area contributed by atoms with E-state index in [9.17, 15) is 0 Å². The number of hydrogen-bond acceptors (Lipinski definition) is 4. The molecule has 1 atom stereocenters. The Morgan fingerprint density at radius 1 is 1.33 bits per heavy atom. The molecule has 0 aliphatic heterocycles. The second-order valence-corrected chi connectivity index (χ2v) is 4.94. The molecule has 18 heavy (non-hydrogen) atoms. The summed E-state index contributed by atoms with van der Waals surface area (Å²) < 4.78 is 10.7. The average molecular weight is 311 g/mol. The van der Waals surface area contributed by atoms with E-state index in [0.717, 1.165) is 12.2 Å². The molecule has 0 saturated heterocycles. The van der Waals surface area contributed by atoms with Crippen LogP contribution >= 0.6 is 15.9 Å². The van der Waals surface area contributed by atoms with Crippen LogP contribution in [0.2, 0.25) is 0 Å². The minimum atomic E-state index is 0.133. The third-order valence-corrected chi connectivity index (χ3v) is 3.49. The quantitative estimate of drug-likeness (QED) is 0.766. The van der Waals surface area contributed by atoms with Crippen LogP contribution in [0, 0.1) is 0 Å². The molecular weight excluding hydrogens is 296 g/mol. The molecule has 2 aromatic rings. The number of ether oxygens (including phenoxy) is 1. The number of benzene rings is 1. The summed E-state index contributed by atoms with van der Waals surface area (Å²) in [6.45, 7) is 2.60. The van der Waals surface area contributed by atoms with Crippen molar-refractivity contribution in [2.45, 2.75) is 24.6 Å². The molecule has 4 nitrogen and oxygen atoms in total. The Bertz CT molecular complexity index is 473. The van der Waals surface area contributed by atoms with Crippen molar-refractivity contribution in [1.29, 1.82) is 0 Å². The molecule has 0 amide bonds. The predicted octanol–water partition coefficient (Wildman–Crippen LogP) is 3.54. The van der Waals surface area contributed by atoms with Crippen molar-refractivity contribution in [2.24, 2.45) is 0 Å². The highest BCUT2D eigenvalue weighted by Gasteiger charge is 2.13. The molecule has 0 spiro atoms. The fraction of sp³-hybridized carbons (Fsp3) is 0.385. The SMILES string of the molecule is CCC(Br)c1nc(CCOc2ccccc2)no1. The van der Waals surface area contributed by atoms with E-state index in [-0.39, 0.29) is 4.83 Å². The average Bonchev–Trinajstić information content (AvgIpc) is 2.88. The van der Waals surface area contributed by atoms with E-state index in [1.165, 1.54) is 0 Å². The number of aromatic nitrogens is 2. The third-order valence-electron chi connectivity index (χ3n) is 2.45. The predicted molar refractivity (Wildman–Crippen MR) is 71.9 cm³/mol. The van der Waals surface area contributed by atoms with Gasteiger partial charge in [0.15, 0.2) is 5.82 Å². The lowest BCUT2D eigenvalue weighted by Gasteiger charge is -2.02. The topological polar surface area (TPSA) is 48.2 Å². The molecule has 0 saturated carbocycles.